The number of aliphatic hydroxyl groups excluding tert-OH is 3. The van der Waals surface area contributed by atoms with Crippen LogP contribution in [0.15, 0.2) is 36.4 Å². The van der Waals surface area contributed by atoms with Gasteiger partial charge in [-0.25, -0.2) is 4.39 Å². The standard InChI is InChI=1S/C10H12ClNO5.C8H7ClFNO3.C2H6O2.CH2O3.2Cs.H/c11-3-5-17-10-7-8(16-6-4-13)1-2-9(10)12(14)15;9-3-4-14-8-5-6(10)1-2-7(8)11(12)13;3-1-2-4;2-1-4-3;;;/h1-2,7,13H,3-6H2;1-2,5H,3-4H2;3-4H,1-2H2;1,3H;;;/q;;;;2*+1;-1/p-1. The minimum atomic E-state index is -0.636. The maximum Gasteiger partial charge on any atom is 1.00 e. The first-order valence-corrected chi connectivity index (χ1v) is 11.5. The van der Waals surface area contributed by atoms with Crippen LogP contribution in [0.3, 0.4) is 0 Å². The van der Waals surface area contributed by atoms with Crippen LogP contribution >= 0.6 is 23.2 Å². The molecule has 0 heterocycles. The quantitative estimate of drug-likeness (QED) is 0.0569. The second-order valence-electron chi connectivity index (χ2n) is 6.04. The molecule has 0 saturated heterocycles. The van der Waals surface area contributed by atoms with Crippen LogP contribution in [-0.4, -0.2) is 83.0 Å². The normalized spacial score (nSPS) is 8.76. The Morgan fingerprint density at radius 3 is 1.61 bits per heavy atom. The van der Waals surface area contributed by atoms with Crippen molar-refractivity contribution in [2.24, 2.45) is 0 Å². The summed E-state index contributed by atoms with van der Waals surface area (Å²) in [4.78, 5) is 31.3. The summed E-state index contributed by atoms with van der Waals surface area (Å²) in [6.45, 7) is -0.167. The number of carbonyl (C=O) groups is 1. The van der Waals surface area contributed by atoms with Crippen LogP contribution < -0.4 is 157 Å². The summed E-state index contributed by atoms with van der Waals surface area (Å²) in [7, 11) is 0. The average Bonchev–Trinajstić information content (AvgIpc) is 2.94. The summed E-state index contributed by atoms with van der Waals surface area (Å²) < 4.78 is 27.9. The van der Waals surface area contributed by atoms with Crippen molar-refractivity contribution in [3.63, 3.8) is 0 Å². The van der Waals surface area contributed by atoms with E-state index in [2.05, 4.69) is 4.89 Å². The van der Waals surface area contributed by atoms with Crippen LogP contribution in [-0.2, 0) is 9.68 Å². The minimum absolute atomic E-state index is 0. The van der Waals surface area contributed by atoms with Crippen molar-refractivity contribution in [2.45, 2.75) is 0 Å². The average molecular weight is 871 g/mol. The van der Waals surface area contributed by atoms with Gasteiger partial charge in [-0.05, 0) is 12.1 Å². The SMILES string of the molecule is O=CO[O-].O=[N+]([O-])c1ccc(F)cc1OCCCl.O=[N+]([O-])c1ccc(OCCO)cc1OCCCl.OCCO.[Cs+].[Cs+].[H-]. The molecule has 0 amide bonds. The minimum Gasteiger partial charge on any atom is -1.00 e. The van der Waals surface area contributed by atoms with Gasteiger partial charge in [0.25, 0.3) is 6.47 Å². The van der Waals surface area contributed by atoms with Gasteiger partial charge in [-0.1, -0.05) is 0 Å². The number of carbonyl (C=O) groups excluding carboxylic acids is 1. The molecular formula is C21H27Cl2Cs2FN2O13. The maximum atomic E-state index is 12.7. The smallest absolute Gasteiger partial charge is 1.00 e. The number of halogens is 3. The van der Waals surface area contributed by atoms with E-state index in [4.69, 9.17) is 62.8 Å². The van der Waals surface area contributed by atoms with Crippen molar-refractivity contribution in [1.29, 1.82) is 0 Å². The Bertz CT molecular complexity index is 990. The third kappa shape index (κ3) is 25.6. The number of rotatable bonds is 13. The van der Waals surface area contributed by atoms with E-state index in [0.29, 0.717) is 5.75 Å². The van der Waals surface area contributed by atoms with Gasteiger partial charge in [0.1, 0.15) is 31.4 Å². The monoisotopic (exact) mass is 870 g/mol. The third-order valence-electron chi connectivity index (χ3n) is 3.42. The third-order valence-corrected chi connectivity index (χ3v) is 3.72. The van der Waals surface area contributed by atoms with Crippen LogP contribution in [0.2, 0.25) is 0 Å². The van der Waals surface area contributed by atoms with Crippen molar-refractivity contribution in [1.82, 2.24) is 0 Å². The van der Waals surface area contributed by atoms with E-state index in [1.54, 1.807) is 0 Å². The first kappa shape index (κ1) is 48.5. The fourth-order valence-electron chi connectivity index (χ4n) is 2.07. The number of ether oxygens (including phenoxy) is 3. The van der Waals surface area contributed by atoms with Gasteiger partial charge in [0.2, 0.25) is 5.75 Å². The zero-order valence-corrected chi connectivity index (χ0v) is 36.2. The summed E-state index contributed by atoms with van der Waals surface area (Å²) in [5, 5.41) is 53.5. The predicted molar refractivity (Wildman–Crippen MR) is 134 cm³/mol. The van der Waals surface area contributed by atoms with Crippen LogP contribution in [0.5, 0.6) is 17.2 Å². The van der Waals surface area contributed by atoms with Crippen molar-refractivity contribution in [3.8, 4) is 17.2 Å². The van der Waals surface area contributed by atoms with E-state index < -0.39 is 15.7 Å². The molecule has 0 unspecified atom stereocenters. The first-order chi connectivity index (χ1) is 18.7. The molecule has 2 rings (SSSR count). The zero-order valence-electron chi connectivity index (χ0n) is 23.2. The molecule has 0 atom stereocenters. The summed E-state index contributed by atoms with van der Waals surface area (Å²) in [5.74, 6) is 0.239. The van der Waals surface area contributed by atoms with Crippen LogP contribution in [0, 0.1) is 26.0 Å². The maximum absolute atomic E-state index is 12.7. The van der Waals surface area contributed by atoms with E-state index >= 15 is 0 Å². The fourth-order valence-corrected chi connectivity index (χ4v) is 2.22. The van der Waals surface area contributed by atoms with Gasteiger partial charge in [0.15, 0.2) is 5.75 Å². The summed E-state index contributed by atoms with van der Waals surface area (Å²) in [6.07, 6.45) is 0. The second-order valence-corrected chi connectivity index (χ2v) is 6.80. The molecule has 0 aromatic heterocycles. The summed E-state index contributed by atoms with van der Waals surface area (Å²) in [5.41, 5.74) is -0.414. The second kappa shape index (κ2) is 33.5. The number of benzene rings is 2. The molecule has 0 spiro atoms. The number of nitrogens with zero attached hydrogens (tertiary/aromatic N) is 2. The molecule has 41 heavy (non-hydrogen) atoms. The molecule has 20 heteroatoms. The van der Waals surface area contributed by atoms with Crippen LogP contribution in [0.25, 0.3) is 0 Å². The van der Waals surface area contributed by atoms with Gasteiger partial charge in [0.05, 0.1) is 41.4 Å². The van der Waals surface area contributed by atoms with E-state index in [-0.39, 0.29) is 220 Å². The van der Waals surface area contributed by atoms with Crippen LogP contribution in [0.1, 0.15) is 1.43 Å². The molecule has 0 aliphatic carbocycles. The molecule has 0 aliphatic heterocycles. The number of hydrogen-bond donors (Lipinski definition) is 3. The zero-order chi connectivity index (χ0) is 30.1. The van der Waals surface area contributed by atoms with Gasteiger partial charge < -0.3 is 41.1 Å². The molecule has 0 fully saturated rings. The molecule has 222 valence electrons. The van der Waals surface area contributed by atoms with E-state index in [1.165, 1.54) is 18.2 Å². The van der Waals surface area contributed by atoms with Gasteiger partial charge in [-0.15, -0.1) is 23.2 Å². The van der Waals surface area contributed by atoms with Crippen molar-refractivity contribution >= 4 is 41.0 Å². The molecule has 0 aliphatic rings. The molecule has 2 aromatic rings. The van der Waals surface area contributed by atoms with Crippen LogP contribution in [0.4, 0.5) is 15.8 Å². The van der Waals surface area contributed by atoms with Gasteiger partial charge in [0, 0.05) is 24.3 Å². The Hall–Kier alpha value is 0.564. The Morgan fingerprint density at radius 1 is 0.805 bits per heavy atom. The Kier molecular flexibility index (Phi) is 39.6. The summed E-state index contributed by atoms with van der Waals surface area (Å²) in [6, 6.07) is 7.16. The van der Waals surface area contributed by atoms with Crippen molar-refractivity contribution < 1.29 is 198 Å². The number of aliphatic hydroxyl groups is 3. The Morgan fingerprint density at radius 2 is 1.24 bits per heavy atom. The Balaban J connectivity index is -0.000000165. The van der Waals surface area contributed by atoms with Gasteiger partial charge >= 0.3 is 149 Å². The molecule has 15 nitrogen and oxygen atoms in total. The fraction of sp³-hybridized carbons (Fsp3) is 0.381. The molecule has 3 N–H and O–H groups in total. The first-order valence-electron chi connectivity index (χ1n) is 10.4. The van der Waals surface area contributed by atoms with E-state index in [0.717, 1.165) is 18.2 Å². The van der Waals surface area contributed by atoms with Crippen molar-refractivity contribution in [2.75, 3.05) is 51.4 Å². The Labute approximate surface area is 363 Å². The number of alkyl halides is 2. The topological polar surface area (TPSA) is 224 Å². The van der Waals surface area contributed by atoms with Gasteiger partial charge in [-0.3, -0.25) is 25.0 Å². The predicted octanol–water partition coefficient (Wildman–Crippen LogP) is -4.54. The van der Waals surface area contributed by atoms with E-state index in [9.17, 15) is 24.6 Å². The van der Waals surface area contributed by atoms with Crippen molar-refractivity contribution in [3.05, 3.63) is 62.4 Å². The summed E-state index contributed by atoms with van der Waals surface area (Å²) >= 11 is 10.8. The number of hydrogen-bond acceptors (Lipinski definition) is 13. The molecule has 0 radical (unpaired) electrons. The molecule has 0 bridgehead atoms. The van der Waals surface area contributed by atoms with E-state index in [1.807, 2.05) is 0 Å². The largest absolute Gasteiger partial charge is 1.00 e. The number of nitro benzene ring substituents is 2. The number of nitro groups is 2. The molecule has 2 aromatic carbocycles. The molecule has 0 saturated carbocycles. The van der Waals surface area contributed by atoms with Gasteiger partial charge in [-0.2, -0.15) is 0 Å². The molecular weight excluding hydrogens is 844 g/mol.